The molecule has 0 saturated heterocycles. The van der Waals surface area contributed by atoms with E-state index in [4.69, 9.17) is 9.47 Å². The molecule has 0 bridgehead atoms. The minimum Gasteiger partial charge on any atom is -0.507 e. The third-order valence-electron chi connectivity index (χ3n) is 2.81. The maximum absolute atomic E-state index is 11.6. The first-order valence-corrected chi connectivity index (χ1v) is 7.45. The highest BCUT2D eigenvalue weighted by Gasteiger charge is 2.03. The molecule has 6 nitrogen and oxygen atoms in total. The quantitative estimate of drug-likeness (QED) is 0.598. The van der Waals surface area contributed by atoms with E-state index in [0.717, 1.165) is 4.47 Å². The van der Waals surface area contributed by atoms with Crippen LogP contribution in [0, 0.1) is 0 Å². The van der Waals surface area contributed by atoms with E-state index in [9.17, 15) is 9.90 Å². The maximum atomic E-state index is 11.6. The third-order valence-corrected chi connectivity index (χ3v) is 3.34. The highest BCUT2D eigenvalue weighted by molar-refractivity contribution is 9.10. The molecule has 0 saturated carbocycles. The second-order valence-corrected chi connectivity index (χ2v) is 5.38. The number of ether oxygens (including phenoxy) is 2. The fourth-order valence-electron chi connectivity index (χ4n) is 1.65. The van der Waals surface area contributed by atoms with E-state index < -0.39 is 5.91 Å². The number of methoxy groups -OCH3 is 1. The van der Waals surface area contributed by atoms with Gasteiger partial charge in [0, 0.05) is 10.0 Å². The summed E-state index contributed by atoms with van der Waals surface area (Å²) in [6.45, 7) is -0.164. The molecule has 1 amide bonds. The lowest BCUT2D eigenvalue weighted by molar-refractivity contribution is -0.123. The van der Waals surface area contributed by atoms with Crippen LogP contribution in [0.3, 0.4) is 0 Å². The Morgan fingerprint density at radius 2 is 1.96 bits per heavy atom. The minimum absolute atomic E-state index is 0.0370. The second kappa shape index (κ2) is 8.19. The molecule has 0 aliphatic rings. The lowest BCUT2D eigenvalue weighted by atomic mass is 10.2. The third kappa shape index (κ3) is 5.30. The molecule has 0 aliphatic heterocycles. The fraction of sp³-hybridized carbons (Fsp3) is 0.125. The molecule has 0 unspecified atom stereocenters. The molecule has 0 aromatic heterocycles. The van der Waals surface area contributed by atoms with Crippen LogP contribution in [0.15, 0.2) is 52.0 Å². The first-order chi connectivity index (χ1) is 11.1. The van der Waals surface area contributed by atoms with Gasteiger partial charge in [-0.15, -0.1) is 0 Å². The van der Waals surface area contributed by atoms with Gasteiger partial charge in [0.2, 0.25) is 0 Å². The number of hydrogen-bond acceptors (Lipinski definition) is 5. The maximum Gasteiger partial charge on any atom is 0.277 e. The Labute approximate surface area is 141 Å². The zero-order valence-corrected chi connectivity index (χ0v) is 13.9. The van der Waals surface area contributed by atoms with E-state index >= 15 is 0 Å². The summed E-state index contributed by atoms with van der Waals surface area (Å²) in [5.41, 5.74) is 2.75. The molecule has 2 aromatic rings. The van der Waals surface area contributed by atoms with Gasteiger partial charge in [-0.2, -0.15) is 5.10 Å². The zero-order chi connectivity index (χ0) is 16.7. The molecule has 2 rings (SSSR count). The van der Waals surface area contributed by atoms with Gasteiger partial charge in [0.1, 0.15) is 17.2 Å². The number of phenols is 1. The Morgan fingerprint density at radius 1 is 1.26 bits per heavy atom. The van der Waals surface area contributed by atoms with Gasteiger partial charge in [-0.25, -0.2) is 5.43 Å². The average Bonchev–Trinajstić information content (AvgIpc) is 2.56. The van der Waals surface area contributed by atoms with Crippen molar-refractivity contribution in [3.05, 3.63) is 52.5 Å². The standard InChI is InChI=1S/C16H15BrN2O4/c1-22-14-6-7-15(20)11(8-14)9-18-19-16(21)10-23-13-4-2-12(17)3-5-13/h2-9,20H,10H2,1H3,(H,19,21)/b18-9+. The molecule has 0 radical (unpaired) electrons. The van der Waals surface area contributed by atoms with Crippen molar-refractivity contribution in [3.8, 4) is 17.2 Å². The molecule has 0 aliphatic carbocycles. The van der Waals surface area contributed by atoms with Crippen molar-refractivity contribution in [3.63, 3.8) is 0 Å². The van der Waals surface area contributed by atoms with Crippen molar-refractivity contribution < 1.29 is 19.4 Å². The van der Waals surface area contributed by atoms with Gasteiger partial charge < -0.3 is 14.6 Å². The SMILES string of the molecule is COc1ccc(O)c(/C=N/NC(=O)COc2ccc(Br)cc2)c1. The van der Waals surface area contributed by atoms with Crippen LogP contribution in [0.25, 0.3) is 0 Å². The minimum atomic E-state index is -0.411. The summed E-state index contributed by atoms with van der Waals surface area (Å²) in [6, 6.07) is 11.8. The number of carbonyl (C=O) groups excluding carboxylic acids is 1. The van der Waals surface area contributed by atoms with E-state index in [-0.39, 0.29) is 12.4 Å². The fourth-order valence-corrected chi connectivity index (χ4v) is 1.91. The molecule has 2 N–H and O–H groups in total. The van der Waals surface area contributed by atoms with Gasteiger partial charge in [0.05, 0.1) is 13.3 Å². The second-order valence-electron chi connectivity index (χ2n) is 4.46. The lowest BCUT2D eigenvalue weighted by Crippen LogP contribution is -2.24. The summed E-state index contributed by atoms with van der Waals surface area (Å²) < 4.78 is 11.3. The summed E-state index contributed by atoms with van der Waals surface area (Å²) in [6.07, 6.45) is 1.33. The predicted octanol–water partition coefficient (Wildman–Crippen LogP) is 2.69. The topological polar surface area (TPSA) is 80.2 Å². The van der Waals surface area contributed by atoms with Crippen LogP contribution in [0.4, 0.5) is 0 Å². The Bertz CT molecular complexity index is 702. The number of hydrogen-bond donors (Lipinski definition) is 2. The smallest absolute Gasteiger partial charge is 0.277 e. The van der Waals surface area contributed by atoms with E-state index in [0.29, 0.717) is 17.1 Å². The summed E-state index contributed by atoms with van der Waals surface area (Å²) >= 11 is 3.31. The molecule has 23 heavy (non-hydrogen) atoms. The number of nitrogens with zero attached hydrogens (tertiary/aromatic N) is 1. The first-order valence-electron chi connectivity index (χ1n) is 6.66. The highest BCUT2D eigenvalue weighted by Crippen LogP contribution is 2.21. The zero-order valence-electron chi connectivity index (χ0n) is 12.3. The Balaban J connectivity index is 1.85. The summed E-state index contributed by atoms with van der Waals surface area (Å²) in [5.74, 6) is 0.786. The predicted molar refractivity (Wildman–Crippen MR) is 90.0 cm³/mol. The molecule has 2 aromatic carbocycles. The van der Waals surface area contributed by atoms with Gasteiger partial charge in [0.15, 0.2) is 6.61 Å². The first kappa shape index (κ1) is 16.8. The van der Waals surface area contributed by atoms with E-state index in [1.807, 2.05) is 12.1 Å². The molecule has 7 heteroatoms. The lowest BCUT2D eigenvalue weighted by Gasteiger charge is -2.05. The largest absolute Gasteiger partial charge is 0.507 e. The van der Waals surface area contributed by atoms with Gasteiger partial charge in [-0.1, -0.05) is 15.9 Å². The molecular weight excluding hydrogens is 364 g/mol. The van der Waals surface area contributed by atoms with Crippen LogP contribution in [-0.2, 0) is 4.79 Å². The summed E-state index contributed by atoms with van der Waals surface area (Å²) in [4.78, 5) is 11.6. The van der Waals surface area contributed by atoms with Crippen LogP contribution in [0.5, 0.6) is 17.2 Å². The van der Waals surface area contributed by atoms with Crippen molar-refractivity contribution >= 4 is 28.1 Å². The molecule has 0 fully saturated rings. The van der Waals surface area contributed by atoms with Gasteiger partial charge >= 0.3 is 0 Å². The number of hydrazone groups is 1. The Morgan fingerprint density at radius 3 is 2.65 bits per heavy atom. The number of benzene rings is 2. The van der Waals surface area contributed by atoms with E-state index in [1.54, 1.807) is 24.3 Å². The molecule has 0 heterocycles. The molecule has 120 valence electrons. The van der Waals surface area contributed by atoms with Gasteiger partial charge in [0.25, 0.3) is 5.91 Å². The van der Waals surface area contributed by atoms with Crippen LogP contribution in [0.2, 0.25) is 0 Å². The summed E-state index contributed by atoms with van der Waals surface area (Å²) in [5, 5.41) is 13.5. The number of halogens is 1. The molecular formula is C16H15BrN2O4. The van der Waals surface area contributed by atoms with Crippen molar-refractivity contribution in [2.45, 2.75) is 0 Å². The highest BCUT2D eigenvalue weighted by atomic mass is 79.9. The van der Waals surface area contributed by atoms with Crippen LogP contribution in [-0.4, -0.2) is 30.9 Å². The Kier molecular flexibility index (Phi) is 5.99. The van der Waals surface area contributed by atoms with E-state index in [1.165, 1.54) is 19.4 Å². The van der Waals surface area contributed by atoms with Crippen molar-refractivity contribution in [2.24, 2.45) is 5.10 Å². The van der Waals surface area contributed by atoms with E-state index in [2.05, 4.69) is 26.5 Å². The van der Waals surface area contributed by atoms with Crippen molar-refractivity contribution in [2.75, 3.05) is 13.7 Å². The normalized spacial score (nSPS) is 10.5. The van der Waals surface area contributed by atoms with Crippen LogP contribution < -0.4 is 14.9 Å². The molecule has 0 spiro atoms. The van der Waals surface area contributed by atoms with Crippen molar-refractivity contribution in [1.29, 1.82) is 0 Å². The Hall–Kier alpha value is -2.54. The number of nitrogens with one attached hydrogen (secondary N) is 1. The summed E-state index contributed by atoms with van der Waals surface area (Å²) in [7, 11) is 1.52. The monoisotopic (exact) mass is 378 g/mol. The average molecular weight is 379 g/mol. The number of rotatable bonds is 6. The van der Waals surface area contributed by atoms with Crippen LogP contribution >= 0.6 is 15.9 Å². The number of phenolic OH excluding ortho intramolecular Hbond substituents is 1. The number of aromatic hydroxyl groups is 1. The van der Waals surface area contributed by atoms with Gasteiger partial charge in [-0.05, 0) is 42.5 Å². The van der Waals surface area contributed by atoms with Gasteiger partial charge in [-0.3, -0.25) is 4.79 Å². The number of carbonyl (C=O) groups is 1. The molecule has 0 atom stereocenters. The van der Waals surface area contributed by atoms with Crippen molar-refractivity contribution in [1.82, 2.24) is 5.43 Å². The van der Waals surface area contributed by atoms with Crippen LogP contribution in [0.1, 0.15) is 5.56 Å². The number of amides is 1.